The summed E-state index contributed by atoms with van der Waals surface area (Å²) >= 11 is 18.1. The van der Waals surface area contributed by atoms with Crippen molar-refractivity contribution < 1.29 is 18.0 Å². The van der Waals surface area contributed by atoms with Crippen LogP contribution in [0.5, 0.6) is 0 Å². The van der Waals surface area contributed by atoms with Crippen LogP contribution < -0.4 is 5.32 Å². The monoisotopic (exact) mass is 547 g/mol. The fourth-order valence-corrected chi connectivity index (χ4v) is 4.75. The van der Waals surface area contributed by atoms with Crippen LogP contribution in [0, 0.1) is 0 Å². The number of halogens is 3. The summed E-state index contributed by atoms with van der Waals surface area (Å²) in [5.41, 5.74) is 0.575. The third-order valence-electron chi connectivity index (χ3n) is 5.40. The summed E-state index contributed by atoms with van der Waals surface area (Å²) in [4.78, 5) is 27.4. The van der Waals surface area contributed by atoms with Crippen LogP contribution in [-0.2, 0) is 26.2 Å². The van der Waals surface area contributed by atoms with Gasteiger partial charge < -0.3 is 10.2 Å². The molecule has 186 valence electrons. The predicted octanol–water partition coefficient (Wildman–Crippen LogP) is 4.60. The average molecular weight is 549 g/mol. The van der Waals surface area contributed by atoms with Gasteiger partial charge in [-0.25, -0.2) is 8.42 Å². The Morgan fingerprint density at radius 2 is 1.59 bits per heavy atom. The number of nitrogens with zero attached hydrogens (tertiary/aromatic N) is 2. The van der Waals surface area contributed by atoms with Gasteiger partial charge >= 0.3 is 0 Å². The minimum Gasteiger partial charge on any atom is -0.352 e. The molecule has 2 rings (SSSR count). The van der Waals surface area contributed by atoms with Crippen molar-refractivity contribution >= 4 is 56.6 Å². The van der Waals surface area contributed by atoms with E-state index in [1.807, 2.05) is 13.8 Å². The molecule has 0 aliphatic carbocycles. The van der Waals surface area contributed by atoms with E-state index in [0.29, 0.717) is 20.6 Å². The van der Waals surface area contributed by atoms with Gasteiger partial charge in [-0.05, 0) is 62.2 Å². The first-order valence-corrected chi connectivity index (χ1v) is 13.2. The lowest BCUT2D eigenvalue weighted by atomic mass is 10.1. The number of nitrogens with one attached hydrogen (secondary N) is 1. The number of likely N-dealkylation sites (N-methyl/N-ethyl adjacent to an activating group) is 1. The molecule has 2 amide bonds. The van der Waals surface area contributed by atoms with Crippen molar-refractivity contribution in [1.82, 2.24) is 14.5 Å². The van der Waals surface area contributed by atoms with Crippen molar-refractivity contribution in [3.05, 3.63) is 63.1 Å². The molecule has 0 aromatic heterocycles. The van der Waals surface area contributed by atoms with E-state index in [9.17, 15) is 18.0 Å². The second kappa shape index (κ2) is 12.2. The predicted molar refractivity (Wildman–Crippen MR) is 136 cm³/mol. The Hall–Kier alpha value is -1.84. The van der Waals surface area contributed by atoms with Gasteiger partial charge in [0.25, 0.3) is 0 Å². The topological polar surface area (TPSA) is 86.8 Å². The number of hydrogen-bond donors (Lipinski definition) is 1. The summed E-state index contributed by atoms with van der Waals surface area (Å²) in [5.74, 6) is -0.908. The number of sulfonamides is 1. The van der Waals surface area contributed by atoms with Crippen molar-refractivity contribution in [3.8, 4) is 0 Å². The Morgan fingerprint density at radius 1 is 1.00 bits per heavy atom. The fourth-order valence-electron chi connectivity index (χ4n) is 3.03. The zero-order chi connectivity index (χ0) is 25.6. The van der Waals surface area contributed by atoms with E-state index < -0.39 is 28.5 Å². The molecule has 0 unspecified atom stereocenters. The van der Waals surface area contributed by atoms with Crippen LogP contribution in [0.1, 0.15) is 32.8 Å². The van der Waals surface area contributed by atoms with E-state index in [4.69, 9.17) is 34.8 Å². The van der Waals surface area contributed by atoms with E-state index in [0.717, 1.165) is 10.7 Å². The van der Waals surface area contributed by atoms with Crippen LogP contribution in [0.25, 0.3) is 0 Å². The lowest BCUT2D eigenvalue weighted by molar-refractivity contribution is -0.140. The van der Waals surface area contributed by atoms with Crippen LogP contribution in [0.4, 0.5) is 0 Å². The largest absolute Gasteiger partial charge is 0.352 e. The Morgan fingerprint density at radius 3 is 2.15 bits per heavy atom. The quantitative estimate of drug-likeness (QED) is 0.470. The molecule has 2 aromatic rings. The van der Waals surface area contributed by atoms with Gasteiger partial charge in [0.05, 0.1) is 11.4 Å². The normalized spacial score (nSPS) is 13.4. The van der Waals surface area contributed by atoms with E-state index in [1.165, 1.54) is 36.2 Å². The molecule has 11 heteroatoms. The molecule has 0 saturated heterocycles. The zero-order valence-electron chi connectivity index (χ0n) is 19.4. The number of rotatable bonds is 10. The summed E-state index contributed by atoms with van der Waals surface area (Å²) < 4.78 is 26.8. The Kier molecular flexibility index (Phi) is 10.2. The van der Waals surface area contributed by atoms with Crippen molar-refractivity contribution in [3.63, 3.8) is 0 Å². The molecule has 7 nitrogen and oxygen atoms in total. The zero-order valence-corrected chi connectivity index (χ0v) is 22.5. The van der Waals surface area contributed by atoms with Gasteiger partial charge in [-0.1, -0.05) is 47.8 Å². The fraction of sp³-hybridized carbons (Fsp3) is 0.391. The van der Waals surface area contributed by atoms with E-state index >= 15 is 0 Å². The molecule has 34 heavy (non-hydrogen) atoms. The first-order chi connectivity index (χ1) is 15.9. The lowest BCUT2D eigenvalue weighted by Gasteiger charge is -2.31. The average Bonchev–Trinajstić information content (AvgIpc) is 2.78. The molecule has 1 N–H and O–H groups in total. The molecule has 0 fully saturated rings. The van der Waals surface area contributed by atoms with Crippen LogP contribution in [0.15, 0.2) is 47.4 Å². The van der Waals surface area contributed by atoms with Crippen LogP contribution in [-0.4, -0.2) is 55.1 Å². The molecule has 0 spiro atoms. The van der Waals surface area contributed by atoms with Gasteiger partial charge in [0, 0.05) is 34.7 Å². The van der Waals surface area contributed by atoms with Crippen LogP contribution >= 0.6 is 34.8 Å². The molecule has 0 heterocycles. The minimum absolute atomic E-state index is 0.00123. The highest BCUT2D eigenvalue weighted by Crippen LogP contribution is 2.24. The van der Waals surface area contributed by atoms with Crippen molar-refractivity contribution in [2.45, 2.75) is 50.7 Å². The molecule has 2 aromatic carbocycles. The summed E-state index contributed by atoms with van der Waals surface area (Å²) in [5, 5.41) is 4.02. The number of amides is 2. The summed E-state index contributed by atoms with van der Waals surface area (Å²) in [7, 11) is -2.65. The molecule has 0 aliphatic heterocycles. The molecular weight excluding hydrogens is 521 g/mol. The molecule has 0 radical (unpaired) electrons. The highest BCUT2D eigenvalue weighted by atomic mass is 35.5. The summed E-state index contributed by atoms with van der Waals surface area (Å²) in [6.45, 7) is 4.91. The molecular formula is C23H28Cl3N3O4S. The Labute approximate surface area is 216 Å². The maximum Gasteiger partial charge on any atom is 0.243 e. The highest BCUT2D eigenvalue weighted by molar-refractivity contribution is 7.89. The van der Waals surface area contributed by atoms with Crippen LogP contribution in [0.2, 0.25) is 15.1 Å². The van der Waals surface area contributed by atoms with Gasteiger partial charge in [0.2, 0.25) is 21.8 Å². The van der Waals surface area contributed by atoms with Crippen LogP contribution in [0.3, 0.4) is 0 Å². The summed E-state index contributed by atoms with van der Waals surface area (Å²) in [6.07, 6.45) is 0.720. The standard InChI is InChI=1S/C23H28Cl3N3O4S/c1-5-15(2)27-23(31)16(3)29(13-17-6-7-19(25)12-21(17)26)22(30)14-28(4)34(32,33)20-10-8-18(24)9-11-20/h6-12,15-16H,5,13-14H2,1-4H3,(H,27,31)/t15-,16-/m0/s1. The first kappa shape index (κ1) is 28.4. The molecule has 2 atom stereocenters. The van der Waals surface area contributed by atoms with E-state index in [2.05, 4.69) is 5.32 Å². The number of benzene rings is 2. The van der Waals surface area contributed by atoms with Gasteiger partial charge in [-0.2, -0.15) is 4.31 Å². The molecule has 0 aliphatic rings. The third kappa shape index (κ3) is 7.33. The number of carbonyl (C=O) groups excluding carboxylic acids is 2. The van der Waals surface area contributed by atoms with Gasteiger partial charge in [0.15, 0.2) is 0 Å². The van der Waals surface area contributed by atoms with Gasteiger partial charge in [-0.3, -0.25) is 9.59 Å². The first-order valence-electron chi connectivity index (χ1n) is 10.6. The molecule has 0 saturated carbocycles. The number of carbonyl (C=O) groups is 2. The van der Waals surface area contributed by atoms with Gasteiger partial charge in [0.1, 0.15) is 6.04 Å². The van der Waals surface area contributed by atoms with Crippen molar-refractivity contribution in [2.75, 3.05) is 13.6 Å². The third-order valence-corrected chi connectivity index (χ3v) is 8.06. The van der Waals surface area contributed by atoms with E-state index in [1.54, 1.807) is 25.1 Å². The van der Waals surface area contributed by atoms with Gasteiger partial charge in [-0.15, -0.1) is 0 Å². The van der Waals surface area contributed by atoms with Crippen molar-refractivity contribution in [2.24, 2.45) is 0 Å². The SMILES string of the molecule is CC[C@H](C)NC(=O)[C@H](C)N(Cc1ccc(Cl)cc1Cl)C(=O)CN(C)S(=O)(=O)c1ccc(Cl)cc1. The Balaban J connectivity index is 2.31. The molecule has 0 bridgehead atoms. The highest BCUT2D eigenvalue weighted by Gasteiger charge is 2.31. The van der Waals surface area contributed by atoms with Crippen molar-refractivity contribution in [1.29, 1.82) is 0 Å². The lowest BCUT2D eigenvalue weighted by Crippen LogP contribution is -2.51. The second-order valence-electron chi connectivity index (χ2n) is 7.97. The smallest absolute Gasteiger partial charge is 0.243 e. The summed E-state index contributed by atoms with van der Waals surface area (Å²) in [6, 6.07) is 9.53. The minimum atomic E-state index is -3.96. The maximum absolute atomic E-state index is 13.3. The maximum atomic E-state index is 13.3. The van der Waals surface area contributed by atoms with E-state index in [-0.39, 0.29) is 23.4 Å². The number of hydrogen-bond acceptors (Lipinski definition) is 4. The Bertz CT molecular complexity index is 1130. The second-order valence-corrected chi connectivity index (χ2v) is 11.3.